The van der Waals surface area contributed by atoms with Crippen molar-refractivity contribution in [2.45, 2.75) is 6.54 Å². The lowest BCUT2D eigenvalue weighted by atomic mass is 10.3. The first-order valence-corrected chi connectivity index (χ1v) is 5.93. The summed E-state index contributed by atoms with van der Waals surface area (Å²) in [5.74, 6) is 0.118. The molecule has 19 heavy (non-hydrogen) atoms. The first-order chi connectivity index (χ1) is 9.29. The molecule has 0 aliphatic rings. The maximum Gasteiger partial charge on any atom is 0.178 e. The molecular weight excluding hydrogens is 247 g/mol. The maximum absolute atomic E-state index is 12.8. The fourth-order valence-electron chi connectivity index (χ4n) is 1.52. The van der Waals surface area contributed by atoms with Gasteiger partial charge in [-0.25, -0.2) is 19.3 Å². The predicted octanol–water partition coefficient (Wildman–Crippen LogP) is 1.41. The van der Waals surface area contributed by atoms with Crippen LogP contribution in [0.4, 0.5) is 4.39 Å². The molecule has 2 aromatic rings. The van der Waals surface area contributed by atoms with Crippen LogP contribution in [-0.4, -0.2) is 35.2 Å². The number of rotatable bonds is 6. The minimum Gasteiger partial charge on any atom is -0.383 e. The molecule has 0 aliphatic heterocycles. The van der Waals surface area contributed by atoms with Gasteiger partial charge in [0.05, 0.1) is 18.5 Å². The quantitative estimate of drug-likeness (QED) is 0.798. The largest absolute Gasteiger partial charge is 0.383 e. The second-order valence-corrected chi connectivity index (χ2v) is 3.90. The average molecular weight is 262 g/mol. The zero-order chi connectivity index (χ0) is 13.5. The lowest BCUT2D eigenvalue weighted by molar-refractivity contribution is 0.199. The van der Waals surface area contributed by atoms with Crippen molar-refractivity contribution in [1.82, 2.24) is 20.3 Å². The van der Waals surface area contributed by atoms with Crippen LogP contribution in [0.5, 0.6) is 0 Å². The summed E-state index contributed by atoms with van der Waals surface area (Å²) >= 11 is 0. The van der Waals surface area contributed by atoms with E-state index in [1.54, 1.807) is 19.4 Å². The monoisotopic (exact) mass is 262 g/mol. The van der Waals surface area contributed by atoms with E-state index in [1.807, 2.05) is 6.07 Å². The lowest BCUT2D eigenvalue weighted by Crippen LogP contribution is -2.19. The number of methoxy groups -OCH3 is 1. The Kier molecular flexibility index (Phi) is 4.88. The van der Waals surface area contributed by atoms with Gasteiger partial charge in [-0.15, -0.1) is 0 Å². The maximum atomic E-state index is 12.8. The van der Waals surface area contributed by atoms with Crippen molar-refractivity contribution in [1.29, 1.82) is 0 Å². The Morgan fingerprint density at radius 2 is 2.16 bits per heavy atom. The van der Waals surface area contributed by atoms with E-state index >= 15 is 0 Å². The number of pyridine rings is 1. The Morgan fingerprint density at radius 3 is 2.89 bits per heavy atom. The predicted molar refractivity (Wildman–Crippen MR) is 68.8 cm³/mol. The molecule has 2 rings (SSSR count). The van der Waals surface area contributed by atoms with Crippen LogP contribution in [0.25, 0.3) is 11.5 Å². The van der Waals surface area contributed by atoms with Crippen molar-refractivity contribution in [2.24, 2.45) is 0 Å². The first kappa shape index (κ1) is 13.5. The Morgan fingerprint density at radius 1 is 1.26 bits per heavy atom. The number of hydrogen-bond acceptors (Lipinski definition) is 5. The van der Waals surface area contributed by atoms with Crippen molar-refractivity contribution in [3.05, 3.63) is 42.1 Å². The van der Waals surface area contributed by atoms with E-state index in [9.17, 15) is 4.39 Å². The van der Waals surface area contributed by atoms with Gasteiger partial charge in [-0.3, -0.25) is 0 Å². The Labute approximate surface area is 110 Å². The molecule has 1 N–H and O–H groups in total. The minimum atomic E-state index is -0.374. The zero-order valence-electron chi connectivity index (χ0n) is 10.6. The SMILES string of the molecule is COCCNCc1ccnc(-c2ccc(F)cn2)n1. The zero-order valence-corrected chi connectivity index (χ0v) is 10.6. The van der Waals surface area contributed by atoms with Crippen LogP contribution < -0.4 is 5.32 Å². The van der Waals surface area contributed by atoms with Crippen molar-refractivity contribution in [3.63, 3.8) is 0 Å². The molecule has 5 nitrogen and oxygen atoms in total. The van der Waals surface area contributed by atoms with Gasteiger partial charge >= 0.3 is 0 Å². The number of nitrogens with one attached hydrogen (secondary N) is 1. The Balaban J connectivity index is 2.04. The lowest BCUT2D eigenvalue weighted by Gasteiger charge is -2.05. The molecule has 0 aliphatic carbocycles. The van der Waals surface area contributed by atoms with E-state index in [2.05, 4.69) is 20.3 Å². The van der Waals surface area contributed by atoms with Crippen LogP contribution >= 0.6 is 0 Å². The Hall–Kier alpha value is -1.92. The number of hydrogen-bond donors (Lipinski definition) is 1. The summed E-state index contributed by atoms with van der Waals surface area (Å²) in [7, 11) is 1.66. The second kappa shape index (κ2) is 6.86. The smallest absolute Gasteiger partial charge is 0.178 e. The summed E-state index contributed by atoms with van der Waals surface area (Å²) in [5, 5.41) is 3.19. The number of nitrogens with zero attached hydrogens (tertiary/aromatic N) is 3. The summed E-state index contributed by atoms with van der Waals surface area (Å²) in [6.07, 6.45) is 2.82. The first-order valence-electron chi connectivity index (χ1n) is 5.93. The van der Waals surface area contributed by atoms with Crippen molar-refractivity contribution < 1.29 is 9.13 Å². The third-order valence-electron chi connectivity index (χ3n) is 2.46. The summed E-state index contributed by atoms with van der Waals surface area (Å²) < 4.78 is 17.7. The van der Waals surface area contributed by atoms with Gasteiger partial charge in [0.2, 0.25) is 0 Å². The molecule has 0 amide bonds. The van der Waals surface area contributed by atoms with Crippen LogP contribution in [0.2, 0.25) is 0 Å². The summed E-state index contributed by atoms with van der Waals surface area (Å²) in [4.78, 5) is 12.5. The van der Waals surface area contributed by atoms with Gasteiger partial charge in [-0.05, 0) is 18.2 Å². The van der Waals surface area contributed by atoms with E-state index in [4.69, 9.17) is 4.74 Å². The average Bonchev–Trinajstić information content (AvgIpc) is 2.45. The van der Waals surface area contributed by atoms with E-state index in [0.717, 1.165) is 18.4 Å². The molecule has 0 fully saturated rings. The fraction of sp³-hybridized carbons (Fsp3) is 0.308. The number of halogens is 1. The number of ether oxygens (including phenoxy) is 1. The molecule has 6 heteroatoms. The van der Waals surface area contributed by atoms with E-state index in [1.165, 1.54) is 6.07 Å². The van der Waals surface area contributed by atoms with Crippen LogP contribution in [0.3, 0.4) is 0 Å². The second-order valence-electron chi connectivity index (χ2n) is 3.90. The van der Waals surface area contributed by atoms with Gasteiger partial charge in [0.1, 0.15) is 11.5 Å². The highest BCUT2D eigenvalue weighted by atomic mass is 19.1. The normalized spacial score (nSPS) is 10.6. The molecule has 0 saturated heterocycles. The summed E-state index contributed by atoms with van der Waals surface area (Å²) in [6, 6.07) is 4.73. The Bertz CT molecular complexity index is 518. The van der Waals surface area contributed by atoms with Gasteiger partial charge in [0, 0.05) is 26.4 Å². The minimum absolute atomic E-state index is 0.374. The number of aromatic nitrogens is 3. The van der Waals surface area contributed by atoms with Crippen LogP contribution in [-0.2, 0) is 11.3 Å². The topological polar surface area (TPSA) is 59.9 Å². The fourth-order valence-corrected chi connectivity index (χ4v) is 1.52. The van der Waals surface area contributed by atoms with Gasteiger partial charge < -0.3 is 10.1 Å². The molecule has 0 bridgehead atoms. The van der Waals surface area contributed by atoms with Crippen molar-refractivity contribution in [2.75, 3.05) is 20.3 Å². The molecule has 2 aromatic heterocycles. The summed E-state index contributed by atoms with van der Waals surface area (Å²) in [5.41, 5.74) is 1.41. The highest BCUT2D eigenvalue weighted by Crippen LogP contribution is 2.11. The van der Waals surface area contributed by atoms with E-state index in [0.29, 0.717) is 24.7 Å². The molecule has 0 spiro atoms. The van der Waals surface area contributed by atoms with Crippen molar-refractivity contribution in [3.8, 4) is 11.5 Å². The molecule has 100 valence electrons. The molecule has 0 aromatic carbocycles. The summed E-state index contributed by atoms with van der Waals surface area (Å²) in [6.45, 7) is 2.03. The molecule has 0 saturated carbocycles. The van der Waals surface area contributed by atoms with Gasteiger partial charge in [0.25, 0.3) is 0 Å². The molecule has 0 radical (unpaired) electrons. The van der Waals surface area contributed by atoms with Gasteiger partial charge in [-0.2, -0.15) is 0 Å². The van der Waals surface area contributed by atoms with Gasteiger partial charge in [-0.1, -0.05) is 0 Å². The van der Waals surface area contributed by atoms with Crippen LogP contribution in [0.1, 0.15) is 5.69 Å². The highest BCUT2D eigenvalue weighted by molar-refractivity contribution is 5.48. The van der Waals surface area contributed by atoms with Crippen LogP contribution in [0, 0.1) is 5.82 Å². The standard InChI is InChI=1S/C13H15FN4O/c1-19-7-6-15-9-11-4-5-16-13(18-11)12-3-2-10(14)8-17-12/h2-5,8,15H,6-7,9H2,1H3. The third kappa shape index (κ3) is 4.04. The van der Waals surface area contributed by atoms with Crippen molar-refractivity contribution >= 4 is 0 Å². The molecular formula is C13H15FN4O. The third-order valence-corrected chi connectivity index (χ3v) is 2.46. The van der Waals surface area contributed by atoms with Crippen LogP contribution in [0.15, 0.2) is 30.6 Å². The molecule has 0 atom stereocenters. The molecule has 2 heterocycles. The molecule has 0 unspecified atom stereocenters. The highest BCUT2D eigenvalue weighted by Gasteiger charge is 2.04. The van der Waals surface area contributed by atoms with Gasteiger partial charge in [0.15, 0.2) is 5.82 Å². The van der Waals surface area contributed by atoms with E-state index < -0.39 is 0 Å². The van der Waals surface area contributed by atoms with E-state index in [-0.39, 0.29) is 5.82 Å².